The molecule has 1 aromatic heterocycles. The van der Waals surface area contributed by atoms with Crippen molar-refractivity contribution in [3.05, 3.63) is 58.0 Å². The second-order valence-electron chi connectivity index (χ2n) is 3.27. The monoisotopic (exact) mass is 248 g/mol. The number of hydrogen-bond donors (Lipinski definition) is 1. The molecule has 0 aliphatic carbocycles. The van der Waals surface area contributed by atoms with Crippen LogP contribution >= 0.6 is 11.3 Å². The quantitative estimate of drug-likeness (QED) is 0.658. The van der Waals surface area contributed by atoms with Crippen molar-refractivity contribution in [2.75, 3.05) is 0 Å². The second kappa shape index (κ2) is 5.36. The van der Waals surface area contributed by atoms with Gasteiger partial charge >= 0.3 is 0 Å². The number of hydrogen-bond acceptors (Lipinski definition) is 3. The van der Waals surface area contributed by atoms with E-state index in [-0.39, 0.29) is 5.56 Å². The van der Waals surface area contributed by atoms with Gasteiger partial charge in [-0.3, -0.25) is 4.79 Å². The molecule has 0 spiro atoms. The minimum absolute atomic E-state index is 0.243. The van der Waals surface area contributed by atoms with E-state index in [0.717, 1.165) is 11.6 Å². The molecule has 0 bridgehead atoms. The van der Waals surface area contributed by atoms with Crippen LogP contribution in [0.25, 0.3) is 0 Å². The molecule has 0 unspecified atom stereocenters. The van der Waals surface area contributed by atoms with E-state index in [1.54, 1.807) is 11.3 Å². The zero-order chi connectivity index (χ0) is 12.1. The van der Waals surface area contributed by atoms with Gasteiger partial charge in [-0.15, -0.1) is 0 Å². The average Bonchev–Trinajstić information content (AvgIpc) is 2.82. The molecule has 5 heteroatoms. The van der Waals surface area contributed by atoms with Crippen LogP contribution in [-0.2, 0) is 0 Å². The molecule has 1 aromatic carbocycles. The summed E-state index contributed by atoms with van der Waals surface area (Å²) in [5.41, 5.74) is 3.49. The molecule has 1 N–H and O–H groups in total. The fourth-order valence-electron chi connectivity index (χ4n) is 1.21. The first-order chi connectivity index (χ1) is 8.25. The lowest BCUT2D eigenvalue weighted by Gasteiger charge is -1.98. The number of nitrogens with one attached hydrogen (secondary N) is 1. The van der Waals surface area contributed by atoms with Crippen molar-refractivity contribution in [2.24, 2.45) is 5.10 Å². The summed E-state index contributed by atoms with van der Waals surface area (Å²) in [5.74, 6) is -0.879. The van der Waals surface area contributed by atoms with E-state index >= 15 is 0 Å². The van der Waals surface area contributed by atoms with E-state index in [2.05, 4.69) is 10.5 Å². The van der Waals surface area contributed by atoms with Gasteiger partial charge in [0.1, 0.15) is 5.82 Å². The van der Waals surface area contributed by atoms with Crippen molar-refractivity contribution in [1.29, 1.82) is 0 Å². The largest absolute Gasteiger partial charge is 0.271 e. The van der Waals surface area contributed by atoms with Gasteiger partial charge in [0.2, 0.25) is 0 Å². The average molecular weight is 248 g/mol. The second-order valence-corrected chi connectivity index (χ2v) is 4.05. The third-order valence-corrected chi connectivity index (χ3v) is 2.71. The summed E-state index contributed by atoms with van der Waals surface area (Å²) in [6.45, 7) is 0. The van der Waals surface area contributed by atoms with E-state index in [0.29, 0.717) is 0 Å². The molecule has 0 aliphatic rings. The third-order valence-electron chi connectivity index (χ3n) is 2.01. The lowest BCUT2D eigenvalue weighted by atomic mass is 10.2. The predicted octanol–water partition coefficient (Wildman–Crippen LogP) is 2.65. The van der Waals surface area contributed by atoms with Gasteiger partial charge < -0.3 is 0 Å². The van der Waals surface area contributed by atoms with E-state index in [9.17, 15) is 9.18 Å². The molecule has 2 rings (SSSR count). The first-order valence-corrected chi connectivity index (χ1v) is 5.81. The first kappa shape index (κ1) is 11.5. The van der Waals surface area contributed by atoms with Gasteiger partial charge in [-0.05, 0) is 35.0 Å². The van der Waals surface area contributed by atoms with Crippen LogP contribution in [0.1, 0.15) is 15.9 Å². The normalized spacial score (nSPS) is 10.6. The lowest BCUT2D eigenvalue weighted by molar-refractivity contribution is 0.0954. The van der Waals surface area contributed by atoms with Gasteiger partial charge in [0.25, 0.3) is 5.91 Å². The summed E-state index contributed by atoms with van der Waals surface area (Å²) >= 11 is 1.54. The van der Waals surface area contributed by atoms with Crippen LogP contribution in [0.15, 0.2) is 46.2 Å². The van der Waals surface area contributed by atoms with Crippen LogP contribution in [-0.4, -0.2) is 12.1 Å². The van der Waals surface area contributed by atoms with Crippen molar-refractivity contribution in [3.63, 3.8) is 0 Å². The Labute approximate surface area is 102 Å². The summed E-state index contributed by atoms with van der Waals surface area (Å²) < 4.78 is 12.9. The predicted molar refractivity (Wildman–Crippen MR) is 65.8 cm³/mol. The Morgan fingerprint density at radius 2 is 2.29 bits per heavy atom. The minimum Gasteiger partial charge on any atom is -0.267 e. The van der Waals surface area contributed by atoms with Crippen LogP contribution in [0.3, 0.4) is 0 Å². The molecule has 17 heavy (non-hydrogen) atoms. The van der Waals surface area contributed by atoms with E-state index in [1.165, 1.54) is 24.4 Å². The minimum atomic E-state index is -0.445. The Bertz CT molecular complexity index is 537. The smallest absolute Gasteiger partial charge is 0.267 e. The molecule has 0 fully saturated rings. The molecule has 0 radical (unpaired) electrons. The van der Waals surface area contributed by atoms with Gasteiger partial charge in [-0.1, -0.05) is 6.07 Å². The number of amides is 1. The van der Waals surface area contributed by atoms with Gasteiger partial charge in [0.05, 0.1) is 6.21 Å². The topological polar surface area (TPSA) is 41.5 Å². The van der Waals surface area contributed by atoms with Crippen LogP contribution in [0, 0.1) is 5.82 Å². The summed E-state index contributed by atoms with van der Waals surface area (Å²) in [7, 11) is 0. The molecule has 0 saturated carbocycles. The number of halogens is 1. The van der Waals surface area contributed by atoms with E-state index in [4.69, 9.17) is 0 Å². The van der Waals surface area contributed by atoms with Gasteiger partial charge in [-0.2, -0.15) is 16.4 Å². The molecule has 2 aromatic rings. The molecule has 3 nitrogen and oxygen atoms in total. The maximum absolute atomic E-state index is 12.9. The van der Waals surface area contributed by atoms with Crippen molar-refractivity contribution in [1.82, 2.24) is 5.43 Å². The highest BCUT2D eigenvalue weighted by Crippen LogP contribution is 2.04. The molecule has 0 saturated heterocycles. The lowest BCUT2D eigenvalue weighted by Crippen LogP contribution is -2.17. The zero-order valence-corrected chi connectivity index (χ0v) is 9.58. The van der Waals surface area contributed by atoms with Crippen LogP contribution < -0.4 is 5.43 Å². The highest BCUT2D eigenvalue weighted by Gasteiger charge is 2.04. The fraction of sp³-hybridized carbons (Fsp3) is 0. The Kier molecular flexibility index (Phi) is 3.62. The zero-order valence-electron chi connectivity index (χ0n) is 8.76. The Balaban J connectivity index is 1.98. The summed E-state index contributed by atoms with van der Waals surface area (Å²) in [6.07, 6.45) is 1.54. The molecular weight excluding hydrogens is 239 g/mol. The van der Waals surface area contributed by atoms with Crippen molar-refractivity contribution in [2.45, 2.75) is 0 Å². The number of carbonyl (C=O) groups is 1. The summed E-state index contributed by atoms with van der Waals surface area (Å²) in [6, 6.07) is 7.33. The van der Waals surface area contributed by atoms with Crippen LogP contribution in [0.5, 0.6) is 0 Å². The third kappa shape index (κ3) is 3.22. The maximum atomic E-state index is 12.9. The molecule has 86 valence electrons. The number of rotatable bonds is 3. The Hall–Kier alpha value is -2.01. The summed E-state index contributed by atoms with van der Waals surface area (Å²) in [4.78, 5) is 11.5. The standard InChI is InChI=1S/C12H9FN2OS/c13-11-3-1-2-10(6-11)12(16)15-14-7-9-4-5-17-8-9/h1-8H,(H,15,16)/b14-7+. The number of thiophene rings is 1. The van der Waals surface area contributed by atoms with E-state index < -0.39 is 11.7 Å². The molecule has 0 aliphatic heterocycles. The van der Waals surface area contributed by atoms with Crippen LogP contribution in [0.2, 0.25) is 0 Å². The Morgan fingerprint density at radius 1 is 1.41 bits per heavy atom. The number of hydrazone groups is 1. The van der Waals surface area contributed by atoms with Crippen molar-refractivity contribution < 1.29 is 9.18 Å². The van der Waals surface area contributed by atoms with Crippen molar-refractivity contribution in [3.8, 4) is 0 Å². The number of benzene rings is 1. The van der Waals surface area contributed by atoms with Gasteiger partial charge in [0, 0.05) is 11.1 Å². The summed E-state index contributed by atoms with van der Waals surface area (Å²) in [5, 5.41) is 7.59. The first-order valence-electron chi connectivity index (χ1n) is 4.87. The Morgan fingerprint density at radius 3 is 3.00 bits per heavy atom. The SMILES string of the molecule is O=C(N/N=C/c1ccsc1)c1cccc(F)c1. The molecule has 0 atom stereocenters. The number of nitrogens with zero attached hydrogens (tertiary/aromatic N) is 1. The highest BCUT2D eigenvalue weighted by molar-refractivity contribution is 7.08. The molecule has 1 amide bonds. The van der Waals surface area contributed by atoms with E-state index in [1.807, 2.05) is 16.8 Å². The fourth-order valence-corrected chi connectivity index (χ4v) is 1.82. The maximum Gasteiger partial charge on any atom is 0.271 e. The van der Waals surface area contributed by atoms with Gasteiger partial charge in [0.15, 0.2) is 0 Å². The highest BCUT2D eigenvalue weighted by atomic mass is 32.1. The molecule has 1 heterocycles. The van der Waals surface area contributed by atoms with Crippen LogP contribution in [0.4, 0.5) is 4.39 Å². The number of carbonyl (C=O) groups excluding carboxylic acids is 1. The molecular formula is C12H9FN2OS. The van der Waals surface area contributed by atoms with Gasteiger partial charge in [-0.25, -0.2) is 9.82 Å². The van der Waals surface area contributed by atoms with Crippen molar-refractivity contribution >= 4 is 23.5 Å².